The summed E-state index contributed by atoms with van der Waals surface area (Å²) < 4.78 is 6.30. The number of furan rings is 1. The molecule has 0 saturated carbocycles. The van der Waals surface area contributed by atoms with Gasteiger partial charge < -0.3 is 4.42 Å². The minimum absolute atomic E-state index is 0.984. The second kappa shape index (κ2) is 6.14. The normalized spacial score (nSPS) is 11.3. The standard InChI is InChI=1S/C26H20O/c1-17-13-21(19-9-5-3-6-10-19)15-23-24-16-22(20-11-7-4-8-12-20)14-18(2)26(24)27-25(17)23/h3-16H,1-2H3. The van der Waals surface area contributed by atoms with Crippen LogP contribution in [0.5, 0.6) is 0 Å². The third kappa shape index (κ3) is 2.63. The van der Waals surface area contributed by atoms with E-state index in [-0.39, 0.29) is 0 Å². The highest BCUT2D eigenvalue weighted by atomic mass is 16.3. The van der Waals surface area contributed by atoms with E-state index in [0.29, 0.717) is 0 Å². The molecule has 5 aromatic rings. The Bertz CT molecular complexity index is 1160. The van der Waals surface area contributed by atoms with Crippen molar-refractivity contribution in [1.82, 2.24) is 0 Å². The Hall–Kier alpha value is -3.32. The highest BCUT2D eigenvalue weighted by Gasteiger charge is 2.14. The first-order valence-corrected chi connectivity index (χ1v) is 9.29. The van der Waals surface area contributed by atoms with Crippen molar-refractivity contribution in [3.05, 3.63) is 96.1 Å². The minimum atomic E-state index is 0.984. The molecule has 0 amide bonds. The average molecular weight is 348 g/mol. The monoisotopic (exact) mass is 348 g/mol. The van der Waals surface area contributed by atoms with E-state index in [9.17, 15) is 0 Å². The average Bonchev–Trinajstić information content (AvgIpc) is 3.09. The summed E-state index contributed by atoms with van der Waals surface area (Å²) in [7, 11) is 0. The lowest BCUT2D eigenvalue weighted by atomic mass is 9.97. The van der Waals surface area contributed by atoms with Crippen molar-refractivity contribution < 1.29 is 4.42 Å². The molecular formula is C26H20O. The molecule has 0 aliphatic heterocycles. The molecule has 1 aromatic heterocycles. The molecule has 0 unspecified atom stereocenters. The molecule has 1 heterocycles. The van der Waals surface area contributed by atoms with Gasteiger partial charge in [-0.05, 0) is 71.5 Å². The minimum Gasteiger partial charge on any atom is -0.456 e. The van der Waals surface area contributed by atoms with Gasteiger partial charge in [0, 0.05) is 10.8 Å². The van der Waals surface area contributed by atoms with Crippen LogP contribution in [0.4, 0.5) is 0 Å². The maximum atomic E-state index is 6.30. The first-order valence-electron chi connectivity index (χ1n) is 9.29. The second-order valence-electron chi connectivity index (χ2n) is 7.17. The van der Waals surface area contributed by atoms with Crippen molar-refractivity contribution in [2.45, 2.75) is 13.8 Å². The Morgan fingerprint density at radius 3 is 1.30 bits per heavy atom. The van der Waals surface area contributed by atoms with Gasteiger partial charge in [0.2, 0.25) is 0 Å². The predicted octanol–water partition coefficient (Wildman–Crippen LogP) is 7.54. The van der Waals surface area contributed by atoms with Crippen LogP contribution in [0.25, 0.3) is 44.2 Å². The van der Waals surface area contributed by atoms with Gasteiger partial charge in [0.05, 0.1) is 0 Å². The summed E-state index contributed by atoms with van der Waals surface area (Å²) >= 11 is 0. The van der Waals surface area contributed by atoms with Crippen LogP contribution in [-0.4, -0.2) is 0 Å². The van der Waals surface area contributed by atoms with Crippen molar-refractivity contribution in [2.75, 3.05) is 0 Å². The molecule has 0 fully saturated rings. The molecule has 1 nitrogen and oxygen atoms in total. The summed E-state index contributed by atoms with van der Waals surface area (Å²) in [4.78, 5) is 0. The van der Waals surface area contributed by atoms with Gasteiger partial charge in [-0.15, -0.1) is 0 Å². The summed E-state index contributed by atoms with van der Waals surface area (Å²) in [6.45, 7) is 4.26. The third-order valence-corrected chi connectivity index (χ3v) is 5.26. The number of rotatable bonds is 2. The quantitative estimate of drug-likeness (QED) is 0.321. The van der Waals surface area contributed by atoms with E-state index >= 15 is 0 Å². The number of hydrogen-bond donors (Lipinski definition) is 0. The lowest BCUT2D eigenvalue weighted by Crippen LogP contribution is -1.82. The maximum absolute atomic E-state index is 6.30. The molecule has 0 spiro atoms. The lowest BCUT2D eigenvalue weighted by Gasteiger charge is -2.05. The summed E-state index contributed by atoms with van der Waals surface area (Å²) in [5.74, 6) is 0. The fraction of sp³-hybridized carbons (Fsp3) is 0.0769. The SMILES string of the molecule is Cc1cc(-c2ccccc2)cc2c1oc1c(C)cc(-c3ccccc3)cc12. The topological polar surface area (TPSA) is 13.1 Å². The van der Waals surface area contributed by atoms with E-state index in [4.69, 9.17) is 4.42 Å². The Balaban J connectivity index is 1.82. The Kier molecular flexibility index (Phi) is 3.61. The van der Waals surface area contributed by atoms with Gasteiger partial charge in [-0.3, -0.25) is 0 Å². The molecule has 0 bridgehead atoms. The van der Waals surface area contributed by atoms with Gasteiger partial charge in [0.25, 0.3) is 0 Å². The molecule has 0 aliphatic carbocycles. The van der Waals surface area contributed by atoms with Gasteiger partial charge in [0.15, 0.2) is 0 Å². The Labute approximate surface area is 158 Å². The van der Waals surface area contributed by atoms with E-state index in [2.05, 4.69) is 98.8 Å². The molecular weight excluding hydrogens is 328 g/mol. The number of benzene rings is 4. The van der Waals surface area contributed by atoms with Crippen molar-refractivity contribution in [2.24, 2.45) is 0 Å². The highest BCUT2D eigenvalue weighted by Crippen LogP contribution is 2.38. The van der Waals surface area contributed by atoms with Crippen molar-refractivity contribution in [3.8, 4) is 22.3 Å². The maximum Gasteiger partial charge on any atom is 0.138 e. The van der Waals surface area contributed by atoms with E-state index in [0.717, 1.165) is 11.2 Å². The van der Waals surface area contributed by atoms with Crippen LogP contribution in [0.2, 0.25) is 0 Å². The van der Waals surface area contributed by atoms with Crippen LogP contribution in [0.15, 0.2) is 89.3 Å². The lowest BCUT2D eigenvalue weighted by molar-refractivity contribution is 0.663. The summed E-state index contributed by atoms with van der Waals surface area (Å²) in [5, 5.41) is 2.37. The number of hydrogen-bond acceptors (Lipinski definition) is 1. The molecule has 0 radical (unpaired) electrons. The second-order valence-corrected chi connectivity index (χ2v) is 7.17. The van der Waals surface area contributed by atoms with E-state index in [1.807, 2.05) is 0 Å². The molecule has 5 rings (SSSR count). The zero-order chi connectivity index (χ0) is 18.4. The molecule has 27 heavy (non-hydrogen) atoms. The van der Waals surface area contributed by atoms with Crippen molar-refractivity contribution in [3.63, 3.8) is 0 Å². The Morgan fingerprint density at radius 1 is 0.481 bits per heavy atom. The first kappa shape index (κ1) is 15.9. The number of fused-ring (bicyclic) bond motifs is 3. The first-order chi connectivity index (χ1) is 13.2. The predicted molar refractivity (Wildman–Crippen MR) is 114 cm³/mol. The molecule has 0 aliphatic rings. The van der Waals surface area contributed by atoms with Crippen molar-refractivity contribution >= 4 is 21.9 Å². The van der Waals surface area contributed by atoms with Gasteiger partial charge in [0.1, 0.15) is 11.2 Å². The van der Waals surface area contributed by atoms with Crippen LogP contribution < -0.4 is 0 Å². The van der Waals surface area contributed by atoms with Crippen LogP contribution in [-0.2, 0) is 0 Å². The molecule has 0 atom stereocenters. The van der Waals surface area contributed by atoms with Crippen LogP contribution >= 0.6 is 0 Å². The van der Waals surface area contributed by atoms with Gasteiger partial charge in [-0.25, -0.2) is 0 Å². The zero-order valence-corrected chi connectivity index (χ0v) is 15.5. The summed E-state index contributed by atoms with van der Waals surface area (Å²) in [5.41, 5.74) is 9.22. The molecule has 1 heteroatoms. The summed E-state index contributed by atoms with van der Waals surface area (Å²) in [6.07, 6.45) is 0. The third-order valence-electron chi connectivity index (χ3n) is 5.26. The fourth-order valence-electron chi connectivity index (χ4n) is 3.92. The Morgan fingerprint density at radius 2 is 0.889 bits per heavy atom. The summed E-state index contributed by atoms with van der Waals surface area (Å²) in [6, 6.07) is 30.0. The van der Waals surface area contributed by atoms with Gasteiger partial charge >= 0.3 is 0 Å². The van der Waals surface area contributed by atoms with E-state index in [1.54, 1.807) is 0 Å². The molecule has 0 saturated heterocycles. The van der Waals surface area contributed by atoms with Gasteiger partial charge in [-0.1, -0.05) is 60.7 Å². The highest BCUT2D eigenvalue weighted by molar-refractivity contribution is 6.09. The van der Waals surface area contributed by atoms with E-state index < -0.39 is 0 Å². The van der Waals surface area contributed by atoms with Gasteiger partial charge in [-0.2, -0.15) is 0 Å². The van der Waals surface area contributed by atoms with E-state index in [1.165, 1.54) is 44.2 Å². The largest absolute Gasteiger partial charge is 0.456 e. The number of aryl methyl sites for hydroxylation is 2. The van der Waals surface area contributed by atoms with Crippen LogP contribution in [0.3, 0.4) is 0 Å². The molecule has 0 N–H and O–H groups in total. The molecule has 4 aromatic carbocycles. The van der Waals surface area contributed by atoms with Crippen LogP contribution in [0, 0.1) is 13.8 Å². The fourth-order valence-corrected chi connectivity index (χ4v) is 3.92. The van der Waals surface area contributed by atoms with Crippen LogP contribution in [0.1, 0.15) is 11.1 Å². The zero-order valence-electron chi connectivity index (χ0n) is 15.5. The van der Waals surface area contributed by atoms with Crippen molar-refractivity contribution in [1.29, 1.82) is 0 Å². The molecule has 130 valence electrons. The smallest absolute Gasteiger partial charge is 0.138 e.